The number of carbonyl (C=O) groups excluding carboxylic acids is 1. The summed E-state index contributed by atoms with van der Waals surface area (Å²) < 4.78 is 13.8. The Bertz CT molecular complexity index is 856. The van der Waals surface area contributed by atoms with Gasteiger partial charge in [-0.2, -0.15) is 0 Å². The van der Waals surface area contributed by atoms with Crippen molar-refractivity contribution in [2.45, 2.75) is 24.9 Å². The minimum atomic E-state index is -1.58. The van der Waals surface area contributed by atoms with Crippen LogP contribution in [-0.2, 0) is 11.2 Å². The summed E-state index contributed by atoms with van der Waals surface area (Å²) in [4.78, 5) is 21.3. The van der Waals surface area contributed by atoms with Crippen molar-refractivity contribution in [3.05, 3.63) is 47.9 Å². The number of benzene rings is 1. The Morgan fingerprint density at radius 2 is 2.09 bits per heavy atom. The molecule has 0 unspecified atom stereocenters. The number of carbonyl (C=O) groups is 1. The summed E-state index contributed by atoms with van der Waals surface area (Å²) in [6.45, 7) is 0. The van der Waals surface area contributed by atoms with E-state index in [0.717, 1.165) is 21.2 Å². The van der Waals surface area contributed by atoms with Crippen LogP contribution in [0.3, 0.4) is 0 Å². The zero-order valence-electron chi connectivity index (χ0n) is 11.8. The largest absolute Gasteiger partial charge is 0.296 e. The molecule has 3 nitrogen and oxygen atoms in total. The molecule has 1 saturated carbocycles. The molecular formula is C17H13FN2OS. The number of hydrogen-bond acceptors (Lipinski definition) is 4. The Hall–Kier alpha value is -2.14. The lowest BCUT2D eigenvalue weighted by atomic mass is 10.0. The SMILES string of the molecule is O=C(Cc1cc2cc(-c3cncs3)ccc2cn1)C1(F)CC1. The number of thiazole rings is 1. The molecule has 0 saturated heterocycles. The molecule has 0 atom stereocenters. The van der Waals surface area contributed by atoms with Gasteiger partial charge < -0.3 is 0 Å². The Morgan fingerprint density at radius 3 is 2.82 bits per heavy atom. The van der Waals surface area contributed by atoms with E-state index < -0.39 is 5.67 Å². The van der Waals surface area contributed by atoms with Crippen LogP contribution in [0.25, 0.3) is 21.2 Å². The molecule has 1 aromatic carbocycles. The average Bonchev–Trinajstić information content (AvgIpc) is 3.06. The van der Waals surface area contributed by atoms with Gasteiger partial charge in [-0.25, -0.2) is 4.39 Å². The molecule has 4 rings (SSSR count). The Kier molecular flexibility index (Phi) is 3.04. The second-order valence-corrected chi connectivity index (χ2v) is 6.55. The van der Waals surface area contributed by atoms with Gasteiger partial charge in [0.15, 0.2) is 11.5 Å². The van der Waals surface area contributed by atoms with Gasteiger partial charge >= 0.3 is 0 Å². The Balaban J connectivity index is 1.68. The molecule has 5 heteroatoms. The summed E-state index contributed by atoms with van der Waals surface area (Å²) in [5.41, 5.74) is 1.93. The number of nitrogens with zero attached hydrogens (tertiary/aromatic N) is 2. The quantitative estimate of drug-likeness (QED) is 0.732. The standard InChI is InChI=1S/C17H13FN2OS/c18-17(3-4-17)16(21)7-14-6-13-5-11(15-9-19-10-22-15)1-2-12(13)8-20-14/h1-2,5-6,8-10H,3-4,7H2. The van der Waals surface area contributed by atoms with Gasteiger partial charge in [-0.1, -0.05) is 12.1 Å². The van der Waals surface area contributed by atoms with E-state index in [-0.39, 0.29) is 12.2 Å². The molecule has 1 aliphatic rings. The topological polar surface area (TPSA) is 42.9 Å². The lowest BCUT2D eigenvalue weighted by Gasteiger charge is -2.06. The molecule has 110 valence electrons. The van der Waals surface area contributed by atoms with Crippen LogP contribution in [0.1, 0.15) is 18.5 Å². The van der Waals surface area contributed by atoms with Gasteiger partial charge in [-0.3, -0.25) is 14.8 Å². The third kappa shape index (κ3) is 2.41. The van der Waals surface area contributed by atoms with Gasteiger partial charge in [0.05, 0.1) is 16.8 Å². The van der Waals surface area contributed by atoms with Crippen LogP contribution in [0.5, 0.6) is 0 Å². The van der Waals surface area contributed by atoms with Crippen molar-refractivity contribution < 1.29 is 9.18 Å². The molecular weight excluding hydrogens is 299 g/mol. The molecule has 0 N–H and O–H groups in total. The van der Waals surface area contributed by atoms with E-state index >= 15 is 0 Å². The maximum absolute atomic E-state index is 13.8. The maximum Gasteiger partial charge on any atom is 0.175 e. The summed E-state index contributed by atoms with van der Waals surface area (Å²) in [6, 6.07) is 7.97. The number of halogens is 1. The Morgan fingerprint density at radius 1 is 1.23 bits per heavy atom. The summed E-state index contributed by atoms with van der Waals surface area (Å²) in [7, 11) is 0. The van der Waals surface area contributed by atoms with E-state index in [1.807, 2.05) is 24.4 Å². The lowest BCUT2D eigenvalue weighted by molar-refractivity contribution is -0.124. The summed E-state index contributed by atoms with van der Waals surface area (Å²) in [6.07, 6.45) is 4.35. The van der Waals surface area contributed by atoms with E-state index in [1.165, 1.54) is 0 Å². The Labute approximate surface area is 130 Å². The number of hydrogen-bond donors (Lipinski definition) is 0. The fourth-order valence-electron chi connectivity index (χ4n) is 2.51. The normalized spacial score (nSPS) is 15.9. The van der Waals surface area contributed by atoms with Crippen molar-refractivity contribution in [1.82, 2.24) is 9.97 Å². The highest BCUT2D eigenvalue weighted by Gasteiger charge is 2.49. The average molecular weight is 312 g/mol. The predicted molar refractivity (Wildman–Crippen MR) is 84.6 cm³/mol. The third-order valence-corrected chi connectivity index (χ3v) is 4.85. The van der Waals surface area contributed by atoms with Gasteiger partial charge in [0.1, 0.15) is 0 Å². The number of aromatic nitrogens is 2. The van der Waals surface area contributed by atoms with Crippen molar-refractivity contribution in [3.63, 3.8) is 0 Å². The highest BCUT2D eigenvalue weighted by Crippen LogP contribution is 2.41. The van der Waals surface area contributed by atoms with Crippen LogP contribution in [0.2, 0.25) is 0 Å². The minimum Gasteiger partial charge on any atom is -0.296 e. The van der Waals surface area contributed by atoms with Crippen molar-refractivity contribution in [2.24, 2.45) is 0 Å². The number of rotatable bonds is 4. The van der Waals surface area contributed by atoms with Gasteiger partial charge in [-0.05, 0) is 35.9 Å². The maximum atomic E-state index is 13.8. The monoisotopic (exact) mass is 312 g/mol. The fourth-order valence-corrected chi connectivity index (χ4v) is 3.13. The van der Waals surface area contributed by atoms with E-state index in [1.54, 1.807) is 23.0 Å². The molecule has 0 bridgehead atoms. The predicted octanol–water partition coefficient (Wildman–Crippen LogP) is 3.97. The summed E-state index contributed by atoms with van der Waals surface area (Å²) >= 11 is 1.58. The number of alkyl halides is 1. The zero-order chi connectivity index (χ0) is 15.2. The summed E-state index contributed by atoms with van der Waals surface area (Å²) in [5, 5.41) is 2.01. The van der Waals surface area contributed by atoms with Crippen LogP contribution < -0.4 is 0 Å². The number of ketones is 1. The number of pyridine rings is 1. The van der Waals surface area contributed by atoms with Crippen LogP contribution >= 0.6 is 11.3 Å². The highest BCUT2D eigenvalue weighted by molar-refractivity contribution is 7.13. The first-order valence-corrected chi connectivity index (χ1v) is 8.02. The lowest BCUT2D eigenvalue weighted by Crippen LogP contribution is -2.19. The molecule has 22 heavy (non-hydrogen) atoms. The minimum absolute atomic E-state index is 0.0667. The van der Waals surface area contributed by atoms with Gasteiger partial charge in [0, 0.05) is 23.5 Å². The van der Waals surface area contributed by atoms with Crippen molar-refractivity contribution in [3.8, 4) is 10.4 Å². The molecule has 1 aliphatic carbocycles. The molecule has 1 fully saturated rings. The van der Waals surface area contributed by atoms with Crippen LogP contribution in [0.4, 0.5) is 4.39 Å². The molecule has 2 aromatic heterocycles. The van der Waals surface area contributed by atoms with Crippen molar-refractivity contribution >= 4 is 27.9 Å². The molecule has 0 aliphatic heterocycles. The smallest absolute Gasteiger partial charge is 0.175 e. The highest BCUT2D eigenvalue weighted by atomic mass is 32.1. The third-order valence-electron chi connectivity index (χ3n) is 4.03. The first-order valence-electron chi connectivity index (χ1n) is 7.14. The van der Waals surface area contributed by atoms with E-state index in [9.17, 15) is 9.18 Å². The molecule has 0 amide bonds. The van der Waals surface area contributed by atoms with Gasteiger partial charge in [0.2, 0.25) is 0 Å². The zero-order valence-corrected chi connectivity index (χ0v) is 12.6. The first-order chi connectivity index (χ1) is 10.6. The number of Topliss-reactive ketones (excluding diaryl/α,β-unsaturated/α-hetero) is 1. The van der Waals surface area contributed by atoms with Crippen LogP contribution in [0, 0.1) is 0 Å². The van der Waals surface area contributed by atoms with E-state index in [0.29, 0.717) is 18.5 Å². The van der Waals surface area contributed by atoms with E-state index in [2.05, 4.69) is 16.0 Å². The van der Waals surface area contributed by atoms with Gasteiger partial charge in [0.25, 0.3) is 0 Å². The molecule has 0 spiro atoms. The van der Waals surface area contributed by atoms with Crippen molar-refractivity contribution in [2.75, 3.05) is 0 Å². The second-order valence-electron chi connectivity index (χ2n) is 5.67. The first kappa shape index (κ1) is 13.5. The van der Waals surface area contributed by atoms with Crippen LogP contribution in [-0.4, -0.2) is 21.4 Å². The fraction of sp³-hybridized carbons (Fsp3) is 0.235. The second kappa shape index (κ2) is 4.95. The van der Waals surface area contributed by atoms with Gasteiger partial charge in [-0.15, -0.1) is 11.3 Å². The van der Waals surface area contributed by atoms with E-state index in [4.69, 9.17) is 0 Å². The van der Waals surface area contributed by atoms with Crippen molar-refractivity contribution in [1.29, 1.82) is 0 Å². The molecule has 0 radical (unpaired) electrons. The number of fused-ring (bicyclic) bond motifs is 1. The summed E-state index contributed by atoms with van der Waals surface area (Å²) in [5.74, 6) is -0.349. The molecule has 2 heterocycles. The van der Waals surface area contributed by atoms with Crippen LogP contribution in [0.15, 0.2) is 42.2 Å². The molecule has 3 aromatic rings.